The van der Waals surface area contributed by atoms with Crippen LogP contribution in [0.5, 0.6) is 5.75 Å². The summed E-state index contributed by atoms with van der Waals surface area (Å²) in [6.07, 6.45) is 0.900. The van der Waals surface area contributed by atoms with Gasteiger partial charge in [-0.25, -0.2) is 0 Å². The van der Waals surface area contributed by atoms with Crippen LogP contribution < -0.4 is 4.74 Å². The van der Waals surface area contributed by atoms with Gasteiger partial charge in [-0.15, -0.1) is 0 Å². The maximum atomic E-state index is 11.2. The number of hydrogen-bond donors (Lipinski definition) is 1. The van der Waals surface area contributed by atoms with Crippen molar-refractivity contribution in [3.63, 3.8) is 0 Å². The molecule has 0 amide bonds. The average Bonchev–Trinajstić information content (AvgIpc) is 2.95. The van der Waals surface area contributed by atoms with Gasteiger partial charge in [0.25, 0.3) is 0 Å². The van der Waals surface area contributed by atoms with E-state index < -0.39 is 5.97 Å². The second-order valence-electron chi connectivity index (χ2n) is 5.77. The van der Waals surface area contributed by atoms with E-state index >= 15 is 0 Å². The van der Waals surface area contributed by atoms with E-state index in [1.54, 1.807) is 0 Å². The van der Waals surface area contributed by atoms with E-state index in [9.17, 15) is 9.90 Å². The number of halogens is 1. The molecule has 0 aromatic heterocycles. The minimum Gasteiger partial charge on any atom is -0.493 e. The highest BCUT2D eigenvalue weighted by Gasteiger charge is 2.35. The molecule has 2 aliphatic heterocycles. The van der Waals surface area contributed by atoms with Gasteiger partial charge in [-0.05, 0) is 23.6 Å². The summed E-state index contributed by atoms with van der Waals surface area (Å²) in [6, 6.07) is 3.89. The molecule has 5 heteroatoms. The van der Waals surface area contributed by atoms with Crippen molar-refractivity contribution in [1.29, 1.82) is 0 Å². The predicted molar refractivity (Wildman–Crippen MR) is 76.2 cm³/mol. The monoisotopic (exact) mass is 295 g/mol. The summed E-state index contributed by atoms with van der Waals surface area (Å²) in [5, 5.41) is 9.92. The number of likely N-dealkylation sites (tertiary alicyclic amines) is 1. The van der Waals surface area contributed by atoms with Crippen LogP contribution >= 0.6 is 11.6 Å². The first-order valence-electron chi connectivity index (χ1n) is 6.94. The number of aliphatic carboxylic acids is 1. The van der Waals surface area contributed by atoms with Crippen molar-refractivity contribution in [3.8, 4) is 5.75 Å². The molecule has 1 fully saturated rings. The molecule has 2 unspecified atom stereocenters. The van der Waals surface area contributed by atoms with Crippen molar-refractivity contribution < 1.29 is 14.6 Å². The standard InChI is InChI=1S/C15H18ClNO3/c1-9-6-17(8-13(9)15(18)19)7-11-5-12(16)4-10-2-3-20-14(10)11/h4-5,9,13H,2-3,6-8H2,1H3,(H,18,19). The molecule has 0 bridgehead atoms. The summed E-state index contributed by atoms with van der Waals surface area (Å²) < 4.78 is 5.69. The third-order valence-electron chi connectivity index (χ3n) is 4.22. The van der Waals surface area contributed by atoms with Crippen molar-refractivity contribution >= 4 is 17.6 Å². The molecule has 1 N–H and O–H groups in total. The zero-order chi connectivity index (χ0) is 14.3. The molecule has 2 heterocycles. The van der Waals surface area contributed by atoms with Crippen LogP contribution in [-0.2, 0) is 17.8 Å². The third kappa shape index (κ3) is 2.50. The number of ether oxygens (including phenoxy) is 1. The van der Waals surface area contributed by atoms with Crippen molar-refractivity contribution in [1.82, 2.24) is 4.90 Å². The van der Waals surface area contributed by atoms with Crippen LogP contribution in [0.2, 0.25) is 5.02 Å². The number of carbonyl (C=O) groups is 1. The highest BCUT2D eigenvalue weighted by Crippen LogP contribution is 2.35. The van der Waals surface area contributed by atoms with E-state index in [2.05, 4.69) is 4.90 Å². The average molecular weight is 296 g/mol. The normalized spacial score (nSPS) is 25.5. The van der Waals surface area contributed by atoms with E-state index in [1.165, 1.54) is 0 Å². The summed E-state index contributed by atoms with van der Waals surface area (Å²) in [4.78, 5) is 13.4. The Balaban J connectivity index is 1.78. The second kappa shape index (κ2) is 5.26. The molecule has 1 aromatic carbocycles. The Hall–Kier alpha value is -1.26. The van der Waals surface area contributed by atoms with Gasteiger partial charge in [-0.1, -0.05) is 18.5 Å². The molecule has 4 nitrogen and oxygen atoms in total. The van der Waals surface area contributed by atoms with Gasteiger partial charge in [0.2, 0.25) is 0 Å². The maximum Gasteiger partial charge on any atom is 0.308 e. The first kappa shape index (κ1) is 13.7. The number of carboxylic acid groups (broad SMARTS) is 1. The Kier molecular flexibility index (Phi) is 3.61. The molecule has 20 heavy (non-hydrogen) atoms. The fraction of sp³-hybridized carbons (Fsp3) is 0.533. The molecule has 1 saturated heterocycles. The van der Waals surface area contributed by atoms with E-state index in [-0.39, 0.29) is 11.8 Å². The summed E-state index contributed by atoms with van der Waals surface area (Å²) in [7, 11) is 0. The zero-order valence-corrected chi connectivity index (χ0v) is 12.2. The third-order valence-corrected chi connectivity index (χ3v) is 4.44. The fourth-order valence-corrected chi connectivity index (χ4v) is 3.49. The number of nitrogens with zero attached hydrogens (tertiary/aromatic N) is 1. The second-order valence-corrected chi connectivity index (χ2v) is 6.20. The van der Waals surface area contributed by atoms with Crippen molar-refractivity contribution in [3.05, 3.63) is 28.3 Å². The number of hydrogen-bond acceptors (Lipinski definition) is 3. The number of rotatable bonds is 3. The van der Waals surface area contributed by atoms with Gasteiger partial charge >= 0.3 is 5.97 Å². The van der Waals surface area contributed by atoms with Gasteiger partial charge in [-0.3, -0.25) is 9.69 Å². The van der Waals surface area contributed by atoms with Gasteiger partial charge < -0.3 is 9.84 Å². The molecule has 0 saturated carbocycles. The minimum atomic E-state index is -0.701. The Labute approximate surface area is 123 Å². The summed E-state index contributed by atoms with van der Waals surface area (Å²) in [6.45, 7) is 4.81. The summed E-state index contributed by atoms with van der Waals surface area (Å²) in [5.41, 5.74) is 2.23. The largest absolute Gasteiger partial charge is 0.493 e. The molecule has 0 aliphatic carbocycles. The van der Waals surface area contributed by atoms with E-state index in [0.717, 1.165) is 34.9 Å². The van der Waals surface area contributed by atoms with Gasteiger partial charge in [0.05, 0.1) is 12.5 Å². The van der Waals surface area contributed by atoms with E-state index in [1.807, 2.05) is 19.1 Å². The number of fused-ring (bicyclic) bond motifs is 1. The van der Waals surface area contributed by atoms with Crippen LogP contribution in [-0.4, -0.2) is 35.7 Å². The Morgan fingerprint density at radius 3 is 3.00 bits per heavy atom. The van der Waals surface area contributed by atoms with Crippen LogP contribution in [0.3, 0.4) is 0 Å². The molecule has 3 rings (SSSR count). The van der Waals surface area contributed by atoms with Gasteiger partial charge in [-0.2, -0.15) is 0 Å². The predicted octanol–water partition coefficient (Wildman–Crippen LogP) is 2.43. The molecule has 0 radical (unpaired) electrons. The molecular formula is C15H18ClNO3. The van der Waals surface area contributed by atoms with Crippen LogP contribution in [0.1, 0.15) is 18.1 Å². The molecule has 1 aromatic rings. The highest BCUT2D eigenvalue weighted by molar-refractivity contribution is 6.30. The van der Waals surface area contributed by atoms with E-state index in [4.69, 9.17) is 16.3 Å². The minimum absolute atomic E-state index is 0.181. The Morgan fingerprint density at radius 2 is 2.30 bits per heavy atom. The van der Waals surface area contributed by atoms with E-state index in [0.29, 0.717) is 19.7 Å². The SMILES string of the molecule is CC1CN(Cc2cc(Cl)cc3c2OCC3)CC1C(=O)O. The van der Waals surface area contributed by atoms with Crippen LogP contribution in [0.4, 0.5) is 0 Å². The summed E-state index contributed by atoms with van der Waals surface area (Å²) >= 11 is 6.15. The van der Waals surface area contributed by atoms with Crippen LogP contribution in [0, 0.1) is 11.8 Å². The number of carboxylic acids is 1. The van der Waals surface area contributed by atoms with Crippen molar-refractivity contribution in [2.24, 2.45) is 11.8 Å². The first-order valence-corrected chi connectivity index (χ1v) is 7.31. The van der Waals surface area contributed by atoms with Gasteiger partial charge in [0, 0.05) is 36.6 Å². The lowest BCUT2D eigenvalue weighted by atomic mass is 9.99. The Morgan fingerprint density at radius 1 is 1.50 bits per heavy atom. The first-order chi connectivity index (χ1) is 9.54. The quantitative estimate of drug-likeness (QED) is 0.930. The fourth-order valence-electron chi connectivity index (χ4n) is 3.22. The molecule has 2 atom stereocenters. The lowest BCUT2D eigenvalue weighted by Crippen LogP contribution is -2.23. The van der Waals surface area contributed by atoms with Crippen LogP contribution in [0.25, 0.3) is 0 Å². The molecule has 108 valence electrons. The lowest BCUT2D eigenvalue weighted by Gasteiger charge is -2.17. The van der Waals surface area contributed by atoms with Crippen LogP contribution in [0.15, 0.2) is 12.1 Å². The molecular weight excluding hydrogens is 278 g/mol. The Bertz CT molecular complexity index is 546. The lowest BCUT2D eigenvalue weighted by molar-refractivity contribution is -0.142. The van der Waals surface area contributed by atoms with Crippen molar-refractivity contribution in [2.45, 2.75) is 19.9 Å². The zero-order valence-electron chi connectivity index (χ0n) is 11.4. The topological polar surface area (TPSA) is 49.8 Å². The van der Waals surface area contributed by atoms with Crippen molar-refractivity contribution in [2.75, 3.05) is 19.7 Å². The summed E-state index contributed by atoms with van der Waals surface area (Å²) in [5.74, 6) is 0.150. The smallest absolute Gasteiger partial charge is 0.308 e. The van der Waals surface area contributed by atoms with Gasteiger partial charge in [0.15, 0.2) is 0 Å². The molecule has 0 spiro atoms. The highest BCUT2D eigenvalue weighted by atomic mass is 35.5. The molecule has 2 aliphatic rings. The van der Waals surface area contributed by atoms with Gasteiger partial charge in [0.1, 0.15) is 5.75 Å². The number of benzene rings is 1. The maximum absolute atomic E-state index is 11.2.